The summed E-state index contributed by atoms with van der Waals surface area (Å²) in [5, 5.41) is 9.85. The van der Waals surface area contributed by atoms with Crippen LogP contribution in [0.5, 0.6) is 0 Å². The van der Waals surface area contributed by atoms with Gasteiger partial charge in [-0.15, -0.1) is 0 Å². The summed E-state index contributed by atoms with van der Waals surface area (Å²) in [7, 11) is 0. The van der Waals surface area contributed by atoms with E-state index in [1.807, 2.05) is 12.1 Å². The molecule has 2 saturated heterocycles. The number of hydrogen-bond donors (Lipinski definition) is 0. The summed E-state index contributed by atoms with van der Waals surface area (Å²) >= 11 is 6.75. The number of amides is 1. The third kappa shape index (κ3) is 5.09. The number of aromatic nitrogens is 1. The highest BCUT2D eigenvalue weighted by Crippen LogP contribution is 2.37. The second-order valence-electron chi connectivity index (χ2n) is 9.20. The van der Waals surface area contributed by atoms with Gasteiger partial charge in [0.1, 0.15) is 27.5 Å². The van der Waals surface area contributed by atoms with E-state index in [1.54, 1.807) is 23.8 Å². The highest BCUT2D eigenvalue weighted by atomic mass is 32.2. The summed E-state index contributed by atoms with van der Waals surface area (Å²) < 4.78 is 7.62. The number of pyridine rings is 1. The Morgan fingerprint density at radius 2 is 2.17 bits per heavy atom. The molecule has 2 aliphatic rings. The van der Waals surface area contributed by atoms with Crippen molar-refractivity contribution in [3.63, 3.8) is 0 Å². The Kier molecular flexibility index (Phi) is 7.82. The van der Waals surface area contributed by atoms with Gasteiger partial charge in [-0.1, -0.05) is 44.2 Å². The van der Waals surface area contributed by atoms with Gasteiger partial charge in [0.05, 0.1) is 17.7 Å². The Morgan fingerprint density at radius 3 is 2.83 bits per heavy atom. The van der Waals surface area contributed by atoms with Crippen LogP contribution in [0.15, 0.2) is 32.5 Å². The van der Waals surface area contributed by atoms with Crippen LogP contribution in [0.3, 0.4) is 0 Å². The van der Waals surface area contributed by atoms with Crippen LogP contribution in [0.4, 0.5) is 5.82 Å². The Morgan fingerprint density at radius 1 is 1.37 bits per heavy atom. The minimum Gasteiger partial charge on any atom is -0.467 e. The van der Waals surface area contributed by atoms with Crippen molar-refractivity contribution in [2.24, 2.45) is 5.92 Å². The highest BCUT2D eigenvalue weighted by Gasteiger charge is 2.34. The van der Waals surface area contributed by atoms with E-state index in [9.17, 15) is 14.9 Å². The zero-order valence-electron chi connectivity index (χ0n) is 20.4. The zero-order valence-corrected chi connectivity index (χ0v) is 22.0. The van der Waals surface area contributed by atoms with E-state index < -0.39 is 0 Å². The molecule has 0 N–H and O–H groups in total. The van der Waals surface area contributed by atoms with Gasteiger partial charge in [0.15, 0.2) is 0 Å². The fourth-order valence-corrected chi connectivity index (χ4v) is 5.95. The van der Waals surface area contributed by atoms with Gasteiger partial charge in [-0.2, -0.15) is 5.26 Å². The molecule has 0 aromatic carbocycles. The van der Waals surface area contributed by atoms with Gasteiger partial charge in [0, 0.05) is 25.2 Å². The molecule has 0 saturated carbocycles. The first-order chi connectivity index (χ1) is 16.8. The maximum absolute atomic E-state index is 13.4. The molecule has 2 aromatic heterocycles. The molecule has 2 aliphatic heterocycles. The molecule has 0 spiro atoms. The van der Waals surface area contributed by atoms with E-state index in [2.05, 4.69) is 24.8 Å². The van der Waals surface area contributed by atoms with Crippen molar-refractivity contribution >= 4 is 46.1 Å². The van der Waals surface area contributed by atoms with Crippen LogP contribution in [0.1, 0.15) is 62.0 Å². The van der Waals surface area contributed by atoms with Crippen LogP contribution in [-0.4, -0.2) is 32.8 Å². The molecule has 4 rings (SSSR count). The minimum absolute atomic E-state index is 0.132. The van der Waals surface area contributed by atoms with Gasteiger partial charge >= 0.3 is 0 Å². The molecule has 35 heavy (non-hydrogen) atoms. The van der Waals surface area contributed by atoms with Gasteiger partial charge in [-0.05, 0) is 55.9 Å². The summed E-state index contributed by atoms with van der Waals surface area (Å²) in [6.07, 6.45) is 7.33. The van der Waals surface area contributed by atoms with Gasteiger partial charge in [0.2, 0.25) is 0 Å². The van der Waals surface area contributed by atoms with Crippen molar-refractivity contribution in [1.82, 2.24) is 9.47 Å². The first-order valence-corrected chi connectivity index (χ1v) is 13.3. The molecule has 0 aliphatic carbocycles. The number of thiocarbonyl (C=S) groups is 1. The number of anilines is 1. The first kappa shape index (κ1) is 25.3. The largest absolute Gasteiger partial charge is 0.467 e. The number of nitriles is 1. The third-order valence-electron chi connectivity index (χ3n) is 6.58. The SMILES string of the molecule is CCCCn1c(N2CCCC(C)C2)c(/C=C2/SC(=S)N(Cc3ccco3)C2=O)c(C)c(C#N)c1=O. The molecule has 2 fully saturated rings. The molecular formula is C26H30N4O3S2. The highest BCUT2D eigenvalue weighted by molar-refractivity contribution is 8.26. The molecular weight excluding hydrogens is 480 g/mol. The fourth-order valence-electron chi connectivity index (χ4n) is 4.72. The summed E-state index contributed by atoms with van der Waals surface area (Å²) in [6, 6.07) is 5.71. The lowest BCUT2D eigenvalue weighted by molar-refractivity contribution is -0.122. The predicted molar refractivity (Wildman–Crippen MR) is 143 cm³/mol. The molecule has 2 aromatic rings. The van der Waals surface area contributed by atoms with Gasteiger partial charge in [-0.25, -0.2) is 0 Å². The third-order valence-corrected chi connectivity index (χ3v) is 7.96. The number of furan rings is 1. The Labute approximate surface area is 215 Å². The summed E-state index contributed by atoms with van der Waals surface area (Å²) in [6.45, 7) is 8.57. The maximum atomic E-state index is 13.4. The first-order valence-electron chi connectivity index (χ1n) is 12.1. The fraction of sp³-hybridized carbons (Fsp3) is 0.462. The smallest absolute Gasteiger partial charge is 0.270 e. The molecule has 9 heteroatoms. The van der Waals surface area contributed by atoms with E-state index >= 15 is 0 Å². The van der Waals surface area contributed by atoms with Crippen molar-refractivity contribution in [1.29, 1.82) is 5.26 Å². The van der Waals surface area contributed by atoms with Crippen molar-refractivity contribution in [3.8, 4) is 6.07 Å². The monoisotopic (exact) mass is 510 g/mol. The number of unbranched alkanes of at least 4 members (excludes halogenated alkanes) is 1. The van der Waals surface area contributed by atoms with Crippen LogP contribution in [0.25, 0.3) is 6.08 Å². The normalized spacial score (nSPS) is 19.6. The lowest BCUT2D eigenvalue weighted by Gasteiger charge is -2.36. The molecule has 1 unspecified atom stereocenters. The quantitative estimate of drug-likeness (QED) is 0.380. The lowest BCUT2D eigenvalue weighted by atomic mass is 9.98. The summed E-state index contributed by atoms with van der Waals surface area (Å²) in [5.74, 6) is 1.76. The van der Waals surface area contributed by atoms with Crippen molar-refractivity contribution in [2.45, 2.75) is 59.5 Å². The number of thioether (sulfide) groups is 1. The number of hydrogen-bond acceptors (Lipinski definition) is 7. The van der Waals surface area contributed by atoms with E-state index in [1.165, 1.54) is 16.7 Å². The van der Waals surface area contributed by atoms with Gasteiger partial charge in [0.25, 0.3) is 11.5 Å². The van der Waals surface area contributed by atoms with Gasteiger partial charge < -0.3 is 9.32 Å². The Balaban J connectivity index is 1.85. The number of piperidine rings is 1. The lowest BCUT2D eigenvalue weighted by Crippen LogP contribution is -2.40. The molecule has 0 radical (unpaired) electrons. The topological polar surface area (TPSA) is 82.5 Å². The summed E-state index contributed by atoms with van der Waals surface area (Å²) in [4.78, 5) is 31.0. The maximum Gasteiger partial charge on any atom is 0.270 e. The zero-order chi connectivity index (χ0) is 25.1. The average Bonchev–Trinajstić information content (AvgIpc) is 3.44. The van der Waals surface area contributed by atoms with Crippen LogP contribution in [0.2, 0.25) is 0 Å². The molecule has 0 bridgehead atoms. The molecule has 184 valence electrons. The Hall–Kier alpha value is -2.83. The number of carbonyl (C=O) groups excluding carboxylic acids is 1. The van der Waals surface area contributed by atoms with Crippen LogP contribution < -0.4 is 10.5 Å². The molecule has 1 amide bonds. The number of rotatable bonds is 7. The minimum atomic E-state index is -0.255. The average molecular weight is 511 g/mol. The number of carbonyl (C=O) groups is 1. The van der Waals surface area contributed by atoms with Gasteiger partial charge in [-0.3, -0.25) is 19.1 Å². The molecule has 4 heterocycles. The molecule has 7 nitrogen and oxygen atoms in total. The van der Waals surface area contributed by atoms with Crippen LogP contribution >= 0.6 is 24.0 Å². The second kappa shape index (κ2) is 10.8. The van der Waals surface area contributed by atoms with E-state index in [0.717, 1.165) is 50.2 Å². The van der Waals surface area contributed by atoms with Crippen molar-refractivity contribution < 1.29 is 9.21 Å². The Bertz CT molecular complexity index is 1260. The summed E-state index contributed by atoms with van der Waals surface area (Å²) in [5.41, 5.74) is 1.24. The number of nitrogens with zero attached hydrogens (tertiary/aromatic N) is 4. The van der Waals surface area contributed by atoms with Crippen molar-refractivity contribution in [2.75, 3.05) is 18.0 Å². The van der Waals surface area contributed by atoms with Crippen LogP contribution in [0, 0.1) is 24.2 Å². The van der Waals surface area contributed by atoms with E-state index in [4.69, 9.17) is 16.6 Å². The second-order valence-corrected chi connectivity index (χ2v) is 10.9. The van der Waals surface area contributed by atoms with E-state index in [0.29, 0.717) is 33.0 Å². The van der Waals surface area contributed by atoms with Crippen molar-refractivity contribution in [3.05, 3.63) is 56.1 Å². The predicted octanol–water partition coefficient (Wildman–Crippen LogP) is 5.06. The molecule has 1 atom stereocenters. The van der Waals surface area contributed by atoms with Crippen LogP contribution in [-0.2, 0) is 17.9 Å². The standard InChI is InChI=1S/C26H30N4O3S2/c1-4-5-11-29-23(28-10-6-8-17(2)15-28)20(18(3)21(14-27)24(29)31)13-22-25(32)30(26(34)35-22)16-19-9-7-12-33-19/h7,9,12-13,17H,4-6,8,10-11,15-16H2,1-3H3/b22-13+. The van der Waals surface area contributed by atoms with E-state index in [-0.39, 0.29) is 23.6 Å².